The summed E-state index contributed by atoms with van der Waals surface area (Å²) in [5.74, 6) is -1.06. The molecule has 138 valence electrons. The third-order valence-electron chi connectivity index (χ3n) is 3.78. The third kappa shape index (κ3) is 4.82. The van der Waals surface area contributed by atoms with Gasteiger partial charge in [0, 0.05) is 11.3 Å². The van der Waals surface area contributed by atoms with E-state index in [0.29, 0.717) is 23.4 Å². The molecule has 0 fully saturated rings. The molecule has 26 heavy (non-hydrogen) atoms. The smallest absolute Gasteiger partial charge is 0.248 e. The summed E-state index contributed by atoms with van der Waals surface area (Å²) < 4.78 is 25.5. The molecule has 7 nitrogen and oxygen atoms in total. The van der Waals surface area contributed by atoms with E-state index in [-0.39, 0.29) is 6.54 Å². The maximum Gasteiger partial charge on any atom is 0.248 e. The van der Waals surface area contributed by atoms with Gasteiger partial charge in [-0.3, -0.25) is 13.9 Å². The number of para-hydroxylation sites is 1. The zero-order valence-electron chi connectivity index (χ0n) is 14.6. The molecule has 2 amide bonds. The van der Waals surface area contributed by atoms with Gasteiger partial charge in [0.05, 0.1) is 11.9 Å². The average Bonchev–Trinajstić information content (AvgIpc) is 2.59. The molecule has 0 aliphatic carbocycles. The number of nitrogens with zero attached hydrogens (tertiary/aromatic N) is 1. The number of rotatable bonds is 7. The number of nitrogens with one attached hydrogen (secondary N) is 1. The van der Waals surface area contributed by atoms with Crippen LogP contribution < -0.4 is 15.4 Å². The lowest BCUT2D eigenvalue weighted by Gasteiger charge is -2.24. The van der Waals surface area contributed by atoms with Crippen LogP contribution in [0.25, 0.3) is 0 Å². The monoisotopic (exact) mass is 375 g/mol. The molecule has 0 aliphatic heterocycles. The van der Waals surface area contributed by atoms with E-state index in [4.69, 9.17) is 5.73 Å². The van der Waals surface area contributed by atoms with Gasteiger partial charge in [-0.25, -0.2) is 8.42 Å². The van der Waals surface area contributed by atoms with Crippen molar-refractivity contribution in [3.05, 3.63) is 59.7 Å². The maximum absolute atomic E-state index is 12.4. The summed E-state index contributed by atoms with van der Waals surface area (Å²) in [5, 5.41) is 2.62. The van der Waals surface area contributed by atoms with Crippen molar-refractivity contribution in [1.29, 1.82) is 0 Å². The van der Waals surface area contributed by atoms with Crippen LogP contribution in [0.3, 0.4) is 0 Å². The van der Waals surface area contributed by atoms with Gasteiger partial charge in [0.25, 0.3) is 0 Å². The zero-order valence-corrected chi connectivity index (χ0v) is 15.4. The summed E-state index contributed by atoms with van der Waals surface area (Å²) in [6.45, 7) is 1.56. The third-order valence-corrected chi connectivity index (χ3v) is 4.91. The fourth-order valence-electron chi connectivity index (χ4n) is 2.48. The number of anilines is 2. The number of carbonyl (C=O) groups is 2. The van der Waals surface area contributed by atoms with E-state index in [9.17, 15) is 18.0 Å². The van der Waals surface area contributed by atoms with Crippen LogP contribution in [0.15, 0.2) is 48.5 Å². The number of aryl methyl sites for hydroxylation is 1. The first-order valence-corrected chi connectivity index (χ1v) is 9.82. The Hall–Kier alpha value is -2.87. The van der Waals surface area contributed by atoms with Gasteiger partial charge in [0.1, 0.15) is 6.54 Å². The number of sulfonamides is 1. The van der Waals surface area contributed by atoms with E-state index < -0.39 is 21.8 Å². The van der Waals surface area contributed by atoms with Crippen LogP contribution in [-0.2, 0) is 21.2 Å². The number of primary amides is 1. The van der Waals surface area contributed by atoms with Gasteiger partial charge in [-0.2, -0.15) is 0 Å². The van der Waals surface area contributed by atoms with Crippen LogP contribution >= 0.6 is 0 Å². The van der Waals surface area contributed by atoms with Gasteiger partial charge in [-0.1, -0.05) is 25.1 Å². The topological polar surface area (TPSA) is 110 Å². The van der Waals surface area contributed by atoms with E-state index >= 15 is 0 Å². The summed E-state index contributed by atoms with van der Waals surface area (Å²) in [4.78, 5) is 23.4. The van der Waals surface area contributed by atoms with Crippen LogP contribution in [0, 0.1) is 0 Å². The Morgan fingerprint density at radius 3 is 2.23 bits per heavy atom. The highest BCUT2D eigenvalue weighted by atomic mass is 32.2. The van der Waals surface area contributed by atoms with Crippen LogP contribution in [-0.4, -0.2) is 33.0 Å². The van der Waals surface area contributed by atoms with Gasteiger partial charge >= 0.3 is 0 Å². The van der Waals surface area contributed by atoms with Crippen LogP contribution in [0.5, 0.6) is 0 Å². The number of carbonyl (C=O) groups excluding carboxylic acids is 2. The standard InChI is InChI=1S/C18H21N3O4S/c1-3-13-6-4-5-7-16(13)21(26(2,24)25)12-17(22)20-15-10-8-14(9-11-15)18(19)23/h4-11H,3,12H2,1-2H3,(H2,19,23)(H,20,22). The highest BCUT2D eigenvalue weighted by Gasteiger charge is 2.22. The van der Waals surface area contributed by atoms with Crippen molar-refractivity contribution in [3.8, 4) is 0 Å². The first-order valence-electron chi connectivity index (χ1n) is 7.97. The second-order valence-electron chi connectivity index (χ2n) is 5.74. The number of amides is 2. The fraction of sp³-hybridized carbons (Fsp3) is 0.222. The van der Waals surface area contributed by atoms with E-state index in [1.54, 1.807) is 12.1 Å². The van der Waals surface area contributed by atoms with Crippen molar-refractivity contribution in [2.45, 2.75) is 13.3 Å². The molecule has 2 aromatic carbocycles. The van der Waals surface area contributed by atoms with Crippen LogP contribution in [0.2, 0.25) is 0 Å². The largest absolute Gasteiger partial charge is 0.366 e. The predicted octanol–water partition coefficient (Wildman–Crippen LogP) is 1.75. The van der Waals surface area contributed by atoms with E-state index in [0.717, 1.165) is 16.1 Å². The van der Waals surface area contributed by atoms with Gasteiger partial charge in [-0.05, 0) is 42.3 Å². The molecule has 0 saturated heterocycles. The van der Waals surface area contributed by atoms with Crippen molar-refractivity contribution in [2.75, 3.05) is 22.4 Å². The SMILES string of the molecule is CCc1ccccc1N(CC(=O)Nc1ccc(C(N)=O)cc1)S(C)(=O)=O. The lowest BCUT2D eigenvalue weighted by molar-refractivity contribution is -0.114. The van der Waals surface area contributed by atoms with Gasteiger partial charge < -0.3 is 11.1 Å². The fourth-order valence-corrected chi connectivity index (χ4v) is 3.37. The Morgan fingerprint density at radius 1 is 1.08 bits per heavy atom. The van der Waals surface area contributed by atoms with E-state index in [1.807, 2.05) is 19.1 Å². The van der Waals surface area contributed by atoms with Crippen molar-refractivity contribution < 1.29 is 18.0 Å². The number of nitrogens with two attached hydrogens (primary N) is 1. The summed E-state index contributed by atoms with van der Waals surface area (Å²) in [5.41, 5.74) is 7.24. The predicted molar refractivity (Wildman–Crippen MR) is 102 cm³/mol. The van der Waals surface area contributed by atoms with E-state index in [2.05, 4.69) is 5.32 Å². The maximum atomic E-state index is 12.4. The van der Waals surface area contributed by atoms with Crippen molar-refractivity contribution in [2.24, 2.45) is 5.73 Å². The molecular formula is C18H21N3O4S. The second-order valence-corrected chi connectivity index (χ2v) is 7.65. The molecule has 0 unspecified atom stereocenters. The number of benzene rings is 2. The minimum absolute atomic E-state index is 0.317. The van der Waals surface area contributed by atoms with Gasteiger partial charge in [0.15, 0.2) is 0 Å². The Bertz CT molecular complexity index is 908. The zero-order chi connectivity index (χ0) is 19.3. The van der Waals surface area contributed by atoms with Gasteiger partial charge in [0.2, 0.25) is 21.8 Å². The normalized spacial score (nSPS) is 11.0. The average molecular weight is 375 g/mol. The van der Waals surface area contributed by atoms with Crippen molar-refractivity contribution in [1.82, 2.24) is 0 Å². The van der Waals surface area contributed by atoms with Crippen molar-refractivity contribution >= 4 is 33.2 Å². The molecular weight excluding hydrogens is 354 g/mol. The highest BCUT2D eigenvalue weighted by Crippen LogP contribution is 2.23. The lowest BCUT2D eigenvalue weighted by atomic mass is 10.1. The van der Waals surface area contributed by atoms with Crippen LogP contribution in [0.1, 0.15) is 22.8 Å². The molecule has 8 heteroatoms. The molecule has 0 bridgehead atoms. The Balaban J connectivity index is 2.21. The molecule has 2 rings (SSSR count). The number of hydrogen-bond donors (Lipinski definition) is 2. The molecule has 0 atom stereocenters. The molecule has 0 aliphatic rings. The summed E-state index contributed by atoms with van der Waals surface area (Å²) in [6, 6.07) is 13.1. The Labute approximate surface area is 152 Å². The highest BCUT2D eigenvalue weighted by molar-refractivity contribution is 7.92. The van der Waals surface area contributed by atoms with Crippen LogP contribution in [0.4, 0.5) is 11.4 Å². The number of hydrogen-bond acceptors (Lipinski definition) is 4. The molecule has 0 saturated carbocycles. The Morgan fingerprint density at radius 2 is 1.69 bits per heavy atom. The second kappa shape index (κ2) is 8.01. The molecule has 0 radical (unpaired) electrons. The summed E-state index contributed by atoms with van der Waals surface area (Å²) >= 11 is 0. The van der Waals surface area contributed by atoms with Gasteiger partial charge in [-0.15, -0.1) is 0 Å². The lowest BCUT2D eigenvalue weighted by Crippen LogP contribution is -2.38. The van der Waals surface area contributed by atoms with E-state index in [1.165, 1.54) is 24.3 Å². The quantitative estimate of drug-likeness (QED) is 0.768. The Kier molecular flexibility index (Phi) is 5.99. The first-order chi connectivity index (χ1) is 12.2. The first kappa shape index (κ1) is 19.5. The minimum Gasteiger partial charge on any atom is -0.366 e. The molecule has 3 N–H and O–H groups in total. The molecule has 0 heterocycles. The molecule has 0 aromatic heterocycles. The molecule has 0 spiro atoms. The summed E-state index contributed by atoms with van der Waals surface area (Å²) in [7, 11) is -3.64. The van der Waals surface area contributed by atoms with Crippen molar-refractivity contribution in [3.63, 3.8) is 0 Å². The summed E-state index contributed by atoms with van der Waals surface area (Å²) in [6.07, 6.45) is 1.70. The molecule has 2 aromatic rings. The minimum atomic E-state index is -3.64.